The van der Waals surface area contributed by atoms with E-state index in [-0.39, 0.29) is 6.42 Å². The molecule has 0 bridgehead atoms. The summed E-state index contributed by atoms with van der Waals surface area (Å²) in [6.45, 7) is 1.89. The fourth-order valence-electron chi connectivity index (χ4n) is 3.24. The molecule has 0 radical (unpaired) electrons. The Hall–Kier alpha value is -1.51. The summed E-state index contributed by atoms with van der Waals surface area (Å²) < 4.78 is 20.3. The van der Waals surface area contributed by atoms with Crippen molar-refractivity contribution in [1.82, 2.24) is 14.5 Å². The number of halogens is 1. The molecule has 0 amide bonds. The Morgan fingerprint density at radius 3 is 2.70 bits per heavy atom. The zero-order valence-electron chi connectivity index (χ0n) is 12.9. The van der Waals surface area contributed by atoms with Crippen molar-refractivity contribution in [1.29, 1.82) is 0 Å². The van der Waals surface area contributed by atoms with Gasteiger partial charge in [0.2, 0.25) is 0 Å². The van der Waals surface area contributed by atoms with Gasteiger partial charge >= 0.3 is 5.69 Å². The molecule has 2 aliphatic heterocycles. The molecule has 3 heterocycles. The van der Waals surface area contributed by atoms with E-state index in [1.165, 1.54) is 17.2 Å². The minimum Gasteiger partial charge on any atom is -0.394 e. The number of aromatic amines is 1. The van der Waals surface area contributed by atoms with Crippen molar-refractivity contribution in [3.63, 3.8) is 0 Å². The van der Waals surface area contributed by atoms with Crippen LogP contribution in [0.3, 0.4) is 0 Å². The molecule has 2 N–H and O–H groups in total. The number of alkyl halides is 1. The fraction of sp³-hybridized carbons (Fsp3) is 0.733. The predicted molar refractivity (Wildman–Crippen MR) is 81.0 cm³/mol. The average Bonchev–Trinajstić information content (AvgIpc) is 2.91. The van der Waals surface area contributed by atoms with E-state index in [0.717, 1.165) is 25.9 Å². The first-order valence-corrected chi connectivity index (χ1v) is 8.05. The van der Waals surface area contributed by atoms with Gasteiger partial charge in [-0.3, -0.25) is 19.2 Å². The molecule has 3 atom stereocenters. The maximum atomic E-state index is 13.7. The minimum absolute atomic E-state index is 0.0136. The van der Waals surface area contributed by atoms with E-state index in [2.05, 4.69) is 9.88 Å². The fourth-order valence-corrected chi connectivity index (χ4v) is 3.24. The van der Waals surface area contributed by atoms with Gasteiger partial charge in [-0.05, 0) is 25.9 Å². The number of aromatic nitrogens is 2. The summed E-state index contributed by atoms with van der Waals surface area (Å²) >= 11 is 0. The zero-order chi connectivity index (χ0) is 16.4. The van der Waals surface area contributed by atoms with Crippen LogP contribution in [-0.2, 0) is 11.3 Å². The second-order valence-electron chi connectivity index (χ2n) is 6.22. The van der Waals surface area contributed by atoms with Crippen LogP contribution in [0, 0.1) is 0 Å². The zero-order valence-corrected chi connectivity index (χ0v) is 12.9. The largest absolute Gasteiger partial charge is 0.394 e. The molecule has 23 heavy (non-hydrogen) atoms. The van der Waals surface area contributed by atoms with Gasteiger partial charge in [-0.15, -0.1) is 0 Å². The highest BCUT2D eigenvalue weighted by Gasteiger charge is 2.36. The molecular weight excluding hydrogens is 305 g/mol. The molecule has 8 heteroatoms. The van der Waals surface area contributed by atoms with Crippen LogP contribution in [0.15, 0.2) is 15.8 Å². The summed E-state index contributed by atoms with van der Waals surface area (Å²) in [6, 6.07) is 0. The Morgan fingerprint density at radius 1 is 1.30 bits per heavy atom. The van der Waals surface area contributed by atoms with Gasteiger partial charge in [0, 0.05) is 24.7 Å². The molecule has 2 saturated heterocycles. The molecule has 0 aliphatic carbocycles. The van der Waals surface area contributed by atoms with Crippen LogP contribution in [0.2, 0.25) is 0 Å². The van der Waals surface area contributed by atoms with Crippen molar-refractivity contribution in [3.05, 3.63) is 32.6 Å². The molecule has 0 aromatic carbocycles. The van der Waals surface area contributed by atoms with Crippen molar-refractivity contribution >= 4 is 0 Å². The summed E-state index contributed by atoms with van der Waals surface area (Å²) in [4.78, 5) is 28.5. The summed E-state index contributed by atoms with van der Waals surface area (Å²) in [7, 11) is 0. The number of likely N-dealkylation sites (tertiary alicyclic amines) is 1. The van der Waals surface area contributed by atoms with Crippen LogP contribution in [0.25, 0.3) is 0 Å². The Bertz CT molecular complexity index is 653. The highest BCUT2D eigenvalue weighted by atomic mass is 19.1. The number of nitrogens with one attached hydrogen (secondary N) is 1. The van der Waals surface area contributed by atoms with E-state index in [4.69, 9.17) is 9.84 Å². The number of rotatable bonds is 4. The average molecular weight is 327 g/mol. The van der Waals surface area contributed by atoms with Gasteiger partial charge in [0.15, 0.2) is 0 Å². The van der Waals surface area contributed by atoms with Crippen LogP contribution in [0.1, 0.15) is 37.5 Å². The highest BCUT2D eigenvalue weighted by Crippen LogP contribution is 2.29. The molecule has 0 saturated carbocycles. The highest BCUT2D eigenvalue weighted by molar-refractivity contribution is 5.05. The Labute approximate surface area is 132 Å². The first-order valence-electron chi connectivity index (χ1n) is 8.05. The molecule has 3 rings (SSSR count). The molecule has 2 aliphatic rings. The van der Waals surface area contributed by atoms with Crippen LogP contribution in [0.4, 0.5) is 4.39 Å². The number of aliphatic hydroxyl groups excluding tert-OH is 1. The molecule has 1 aromatic rings. The smallest absolute Gasteiger partial charge is 0.330 e. The second-order valence-corrected chi connectivity index (χ2v) is 6.22. The molecule has 1 aromatic heterocycles. The first kappa shape index (κ1) is 16.4. The second kappa shape index (κ2) is 6.94. The van der Waals surface area contributed by atoms with Crippen molar-refractivity contribution in [2.45, 2.75) is 50.7 Å². The standard InChI is InChI=1S/C15H22FN3O4/c16-11-6-13(23-12(11)9-20)19-8-10(14(21)17-15(19)22)7-18-4-2-1-3-5-18/h8,11-13,20H,1-7,9H2,(H,17,21,22)/t11-,12+,13+/m0/s1. The Balaban J connectivity index is 1.82. The number of H-pyrrole nitrogens is 1. The van der Waals surface area contributed by atoms with Crippen molar-refractivity contribution in [2.75, 3.05) is 19.7 Å². The normalized spacial score (nSPS) is 29.0. The SMILES string of the molecule is O=c1[nH]c(=O)n([C@H]2C[C@H](F)[C@@H](CO)O2)cc1CN1CCCCC1. The van der Waals surface area contributed by atoms with Crippen LogP contribution < -0.4 is 11.2 Å². The van der Waals surface area contributed by atoms with E-state index >= 15 is 0 Å². The third-order valence-corrected chi connectivity index (χ3v) is 4.54. The number of ether oxygens (including phenoxy) is 1. The van der Waals surface area contributed by atoms with Crippen LogP contribution in [-0.4, -0.2) is 51.5 Å². The molecule has 0 spiro atoms. The topological polar surface area (TPSA) is 87.6 Å². The lowest BCUT2D eigenvalue weighted by molar-refractivity contribution is -0.0357. The van der Waals surface area contributed by atoms with Crippen molar-refractivity contribution in [2.24, 2.45) is 0 Å². The summed E-state index contributed by atoms with van der Waals surface area (Å²) in [5.41, 5.74) is -0.559. The van der Waals surface area contributed by atoms with Crippen LogP contribution in [0.5, 0.6) is 0 Å². The van der Waals surface area contributed by atoms with E-state index in [1.807, 2.05) is 0 Å². The number of hydrogen-bond donors (Lipinski definition) is 2. The third-order valence-electron chi connectivity index (χ3n) is 4.54. The lowest BCUT2D eigenvalue weighted by atomic mass is 10.1. The minimum atomic E-state index is -1.32. The lowest BCUT2D eigenvalue weighted by Crippen LogP contribution is -2.37. The van der Waals surface area contributed by atoms with E-state index < -0.39 is 36.4 Å². The van der Waals surface area contributed by atoms with Gasteiger partial charge in [-0.2, -0.15) is 0 Å². The predicted octanol–water partition coefficient (Wildman–Crippen LogP) is 0.140. The van der Waals surface area contributed by atoms with Gasteiger partial charge in [0.05, 0.1) is 6.61 Å². The Kier molecular flexibility index (Phi) is 4.93. The molecule has 0 unspecified atom stereocenters. The van der Waals surface area contributed by atoms with Crippen molar-refractivity contribution in [3.8, 4) is 0 Å². The molecule has 2 fully saturated rings. The first-order chi connectivity index (χ1) is 11.1. The Morgan fingerprint density at radius 2 is 2.04 bits per heavy atom. The molecular formula is C15H22FN3O4. The van der Waals surface area contributed by atoms with Crippen molar-refractivity contribution < 1.29 is 14.2 Å². The van der Waals surface area contributed by atoms with Gasteiger partial charge < -0.3 is 9.84 Å². The maximum Gasteiger partial charge on any atom is 0.330 e. The van der Waals surface area contributed by atoms with Gasteiger partial charge in [0.25, 0.3) is 5.56 Å². The number of piperidine rings is 1. The maximum absolute atomic E-state index is 13.7. The summed E-state index contributed by atoms with van der Waals surface area (Å²) in [5.74, 6) is 0. The van der Waals surface area contributed by atoms with E-state index in [9.17, 15) is 14.0 Å². The summed E-state index contributed by atoms with van der Waals surface area (Å²) in [5, 5.41) is 9.07. The van der Waals surface area contributed by atoms with Crippen LogP contribution >= 0.6 is 0 Å². The summed E-state index contributed by atoms with van der Waals surface area (Å²) in [6.07, 6.45) is 1.80. The third kappa shape index (κ3) is 3.54. The number of aliphatic hydroxyl groups is 1. The van der Waals surface area contributed by atoms with Gasteiger partial charge in [-0.1, -0.05) is 6.42 Å². The quantitative estimate of drug-likeness (QED) is 0.821. The number of hydrogen-bond acceptors (Lipinski definition) is 5. The molecule has 7 nitrogen and oxygen atoms in total. The van der Waals surface area contributed by atoms with E-state index in [0.29, 0.717) is 12.1 Å². The monoisotopic (exact) mass is 327 g/mol. The van der Waals surface area contributed by atoms with E-state index in [1.54, 1.807) is 0 Å². The molecule has 128 valence electrons. The number of nitrogens with zero attached hydrogens (tertiary/aromatic N) is 2. The lowest BCUT2D eigenvalue weighted by Gasteiger charge is -2.26. The van der Waals surface area contributed by atoms with Gasteiger partial charge in [-0.25, -0.2) is 9.18 Å². The van der Waals surface area contributed by atoms with Gasteiger partial charge in [0.1, 0.15) is 18.5 Å².